The van der Waals surface area contributed by atoms with Gasteiger partial charge in [-0.15, -0.1) is 11.3 Å². The third-order valence-electron chi connectivity index (χ3n) is 3.60. The summed E-state index contributed by atoms with van der Waals surface area (Å²) >= 11 is 1.11. The molecule has 0 aliphatic heterocycles. The Balaban J connectivity index is 2.21. The van der Waals surface area contributed by atoms with Crippen molar-refractivity contribution in [3.8, 4) is 0 Å². The third-order valence-corrected chi connectivity index (χ3v) is 4.35. The van der Waals surface area contributed by atoms with Gasteiger partial charge in [0.25, 0.3) is 0 Å². The van der Waals surface area contributed by atoms with Gasteiger partial charge in [-0.2, -0.15) is 13.2 Å². The van der Waals surface area contributed by atoms with E-state index in [1.807, 2.05) is 20.8 Å². The highest BCUT2D eigenvalue weighted by Gasteiger charge is 2.58. The summed E-state index contributed by atoms with van der Waals surface area (Å²) in [7, 11) is 1.31. The maximum absolute atomic E-state index is 13.4. The number of rotatable bonds is 4. The fourth-order valence-corrected chi connectivity index (χ4v) is 3.09. The lowest BCUT2D eigenvalue weighted by atomic mass is 9.93. The quantitative estimate of drug-likeness (QED) is 0.860. The summed E-state index contributed by atoms with van der Waals surface area (Å²) in [5.74, 6) is -1.65. The number of aromatic nitrogens is 3. The van der Waals surface area contributed by atoms with E-state index in [1.54, 1.807) is 5.38 Å². The number of hydrogen-bond acceptors (Lipinski definition) is 5. The van der Waals surface area contributed by atoms with Crippen LogP contribution >= 0.6 is 11.3 Å². The molecule has 0 bridgehead atoms. The van der Waals surface area contributed by atoms with Gasteiger partial charge in [-0.25, -0.2) is 9.97 Å². The van der Waals surface area contributed by atoms with Crippen LogP contribution in [-0.2, 0) is 22.9 Å². The number of hydrogen-bond donors (Lipinski definition) is 2. The van der Waals surface area contributed by atoms with E-state index in [-0.39, 0.29) is 10.5 Å². The van der Waals surface area contributed by atoms with Crippen LogP contribution in [-0.4, -0.2) is 31.7 Å². The Kier molecular flexibility index (Phi) is 4.97. The van der Waals surface area contributed by atoms with E-state index in [1.165, 1.54) is 13.2 Å². The van der Waals surface area contributed by atoms with Crippen LogP contribution in [0.2, 0.25) is 0 Å². The Hall–Kier alpha value is -1.94. The summed E-state index contributed by atoms with van der Waals surface area (Å²) < 4.78 is 41.3. The number of carbonyl (C=O) groups excluding carboxylic acids is 1. The van der Waals surface area contributed by atoms with Gasteiger partial charge in [-0.1, -0.05) is 20.8 Å². The number of aryl methyl sites for hydroxylation is 1. The molecule has 25 heavy (non-hydrogen) atoms. The van der Waals surface area contributed by atoms with Crippen LogP contribution in [0.15, 0.2) is 17.8 Å². The largest absolute Gasteiger partial charge is 0.425 e. The van der Waals surface area contributed by atoms with E-state index in [0.29, 0.717) is 5.69 Å². The molecule has 0 spiro atoms. The number of anilines is 1. The van der Waals surface area contributed by atoms with Crippen molar-refractivity contribution in [2.45, 2.75) is 44.4 Å². The zero-order valence-electron chi connectivity index (χ0n) is 14.2. The predicted molar refractivity (Wildman–Crippen MR) is 87.2 cm³/mol. The summed E-state index contributed by atoms with van der Waals surface area (Å²) in [6, 6.07) is 0. The van der Waals surface area contributed by atoms with Crippen molar-refractivity contribution in [3.63, 3.8) is 0 Å². The zero-order chi connectivity index (χ0) is 19.0. The number of alkyl halides is 3. The molecule has 0 saturated heterocycles. The summed E-state index contributed by atoms with van der Waals surface area (Å²) in [5.41, 5.74) is -2.93. The molecule has 2 aromatic heterocycles. The molecule has 1 unspecified atom stereocenters. The SMILES string of the molecule is Cn1ccnc1C(O)(CC(=O)Nc1nc(C(C)(C)C)cs1)C(F)(F)F. The van der Waals surface area contributed by atoms with Gasteiger partial charge in [0.2, 0.25) is 11.5 Å². The van der Waals surface area contributed by atoms with Crippen molar-refractivity contribution >= 4 is 22.4 Å². The van der Waals surface area contributed by atoms with Gasteiger partial charge in [0, 0.05) is 30.2 Å². The summed E-state index contributed by atoms with van der Waals surface area (Å²) in [4.78, 5) is 19.8. The zero-order valence-corrected chi connectivity index (χ0v) is 15.0. The number of amides is 1. The second-order valence-corrected chi connectivity index (χ2v) is 7.59. The van der Waals surface area contributed by atoms with Crippen LogP contribution in [0.1, 0.15) is 38.7 Å². The van der Waals surface area contributed by atoms with Crippen LogP contribution < -0.4 is 5.32 Å². The minimum absolute atomic E-state index is 0.180. The molecule has 0 aromatic carbocycles. The number of halogens is 3. The third kappa shape index (κ3) is 4.01. The molecule has 0 saturated carbocycles. The average Bonchev–Trinajstić information content (AvgIpc) is 3.05. The minimum Gasteiger partial charge on any atom is -0.374 e. The van der Waals surface area contributed by atoms with Crippen molar-refractivity contribution in [1.82, 2.24) is 14.5 Å². The Morgan fingerprint density at radius 2 is 2.00 bits per heavy atom. The number of nitrogens with zero attached hydrogens (tertiary/aromatic N) is 3. The van der Waals surface area contributed by atoms with E-state index in [2.05, 4.69) is 15.3 Å². The van der Waals surface area contributed by atoms with Gasteiger partial charge in [0.1, 0.15) is 0 Å². The molecule has 2 aromatic rings. The van der Waals surface area contributed by atoms with E-state index in [0.717, 1.165) is 22.1 Å². The van der Waals surface area contributed by atoms with E-state index >= 15 is 0 Å². The van der Waals surface area contributed by atoms with Gasteiger partial charge in [0.15, 0.2) is 11.0 Å². The molecule has 0 aliphatic carbocycles. The molecular weight excluding hydrogens is 357 g/mol. The summed E-state index contributed by atoms with van der Waals surface area (Å²) in [5, 5.41) is 14.4. The van der Waals surface area contributed by atoms with E-state index < -0.39 is 29.9 Å². The maximum Gasteiger partial charge on any atom is 0.425 e. The number of nitrogens with one attached hydrogen (secondary N) is 1. The monoisotopic (exact) mass is 376 g/mol. The highest BCUT2D eigenvalue weighted by atomic mass is 32.1. The first-order valence-electron chi connectivity index (χ1n) is 7.37. The smallest absolute Gasteiger partial charge is 0.374 e. The highest BCUT2D eigenvalue weighted by molar-refractivity contribution is 7.13. The number of carbonyl (C=O) groups is 1. The van der Waals surface area contributed by atoms with Crippen LogP contribution in [0.4, 0.5) is 18.3 Å². The van der Waals surface area contributed by atoms with Crippen LogP contribution in [0.25, 0.3) is 0 Å². The first-order chi connectivity index (χ1) is 11.3. The van der Waals surface area contributed by atoms with Gasteiger partial charge < -0.3 is 15.0 Å². The van der Waals surface area contributed by atoms with Crippen LogP contribution in [0.3, 0.4) is 0 Å². The maximum atomic E-state index is 13.4. The summed E-state index contributed by atoms with van der Waals surface area (Å²) in [6.45, 7) is 5.78. The van der Waals surface area contributed by atoms with E-state index in [4.69, 9.17) is 0 Å². The molecule has 10 heteroatoms. The molecule has 2 N–H and O–H groups in total. The number of thiazole rings is 1. The molecule has 0 fully saturated rings. The van der Waals surface area contributed by atoms with Gasteiger partial charge >= 0.3 is 6.18 Å². The van der Waals surface area contributed by atoms with Crippen molar-refractivity contribution < 1.29 is 23.1 Å². The molecule has 0 radical (unpaired) electrons. The van der Waals surface area contributed by atoms with Crippen molar-refractivity contribution in [1.29, 1.82) is 0 Å². The lowest BCUT2D eigenvalue weighted by Crippen LogP contribution is -2.46. The van der Waals surface area contributed by atoms with Crippen molar-refractivity contribution in [2.75, 3.05) is 5.32 Å². The fourth-order valence-electron chi connectivity index (χ4n) is 2.14. The van der Waals surface area contributed by atoms with Gasteiger partial charge in [-0.3, -0.25) is 4.79 Å². The van der Waals surface area contributed by atoms with Crippen LogP contribution in [0, 0.1) is 0 Å². The number of imidazole rings is 1. The Morgan fingerprint density at radius 3 is 2.44 bits per heavy atom. The molecule has 1 atom stereocenters. The lowest BCUT2D eigenvalue weighted by molar-refractivity contribution is -0.270. The highest BCUT2D eigenvalue weighted by Crippen LogP contribution is 2.41. The predicted octanol–water partition coefficient (Wildman–Crippen LogP) is 2.95. The topological polar surface area (TPSA) is 80.0 Å². The van der Waals surface area contributed by atoms with Gasteiger partial charge in [0.05, 0.1) is 12.1 Å². The second-order valence-electron chi connectivity index (χ2n) is 6.73. The molecular formula is C15H19F3N4O2S. The molecule has 138 valence electrons. The normalized spacial score (nSPS) is 15.0. The Labute approximate surface area is 146 Å². The molecule has 0 aliphatic rings. The average molecular weight is 376 g/mol. The molecule has 2 rings (SSSR count). The van der Waals surface area contributed by atoms with E-state index in [9.17, 15) is 23.1 Å². The second kappa shape index (κ2) is 6.41. The first kappa shape index (κ1) is 19.4. The van der Waals surface area contributed by atoms with Crippen molar-refractivity contribution in [3.05, 3.63) is 29.3 Å². The molecule has 6 nitrogen and oxygen atoms in total. The van der Waals surface area contributed by atoms with Crippen LogP contribution in [0.5, 0.6) is 0 Å². The standard InChI is InChI=1S/C15H19F3N4O2S/c1-13(2,3)9-8-25-12(20-9)21-10(23)7-14(24,15(16,17)18)11-19-5-6-22(11)4/h5-6,8,24H,7H2,1-4H3,(H,20,21,23). The minimum atomic E-state index is -5.07. The lowest BCUT2D eigenvalue weighted by Gasteiger charge is -2.29. The Morgan fingerprint density at radius 1 is 1.36 bits per heavy atom. The number of aliphatic hydroxyl groups is 1. The van der Waals surface area contributed by atoms with Gasteiger partial charge in [-0.05, 0) is 0 Å². The first-order valence-corrected chi connectivity index (χ1v) is 8.25. The fraction of sp³-hybridized carbons (Fsp3) is 0.533. The molecule has 2 heterocycles. The molecule has 1 amide bonds. The summed E-state index contributed by atoms with van der Waals surface area (Å²) in [6.07, 6.45) is -3.89. The Bertz CT molecular complexity index is 763. The van der Waals surface area contributed by atoms with Crippen molar-refractivity contribution in [2.24, 2.45) is 7.05 Å².